The number of hydrogen-bond donors (Lipinski definition) is 0. The highest BCUT2D eigenvalue weighted by Gasteiger charge is 2.24. The predicted molar refractivity (Wildman–Crippen MR) is 103 cm³/mol. The fourth-order valence-electron chi connectivity index (χ4n) is 2.67. The maximum absolute atomic E-state index is 14.1. The molecule has 6 nitrogen and oxygen atoms in total. The van der Waals surface area contributed by atoms with Crippen molar-refractivity contribution in [1.29, 1.82) is 0 Å². The van der Waals surface area contributed by atoms with Gasteiger partial charge in [-0.3, -0.25) is 0 Å². The monoisotopic (exact) mass is 409 g/mol. The molecule has 0 heterocycles. The first-order chi connectivity index (χ1) is 13.3. The minimum absolute atomic E-state index is 0.0393. The summed E-state index contributed by atoms with van der Waals surface area (Å²) in [7, 11) is -2.23. The zero-order chi connectivity index (χ0) is 20.7. The average Bonchev–Trinajstić information content (AvgIpc) is 2.69. The summed E-state index contributed by atoms with van der Waals surface area (Å²) in [6.07, 6.45) is 0.439. The molecule has 28 heavy (non-hydrogen) atoms. The molecular weight excluding hydrogens is 385 g/mol. The van der Waals surface area contributed by atoms with Gasteiger partial charge in [0.15, 0.2) is 0 Å². The Kier molecular flexibility index (Phi) is 7.53. The standard InChI is InChI=1S/C20H24FNO5S/c1-4-22(5-2)28(24,25)17-10-11-19(21)18(14-17)20(23)27-13-12-15-6-8-16(26-3)9-7-15/h6-11,14H,4-5,12-13H2,1-3H3. The summed E-state index contributed by atoms with van der Waals surface area (Å²) < 4.78 is 50.7. The second-order valence-corrected chi connectivity index (χ2v) is 7.90. The molecule has 0 aliphatic heterocycles. The third kappa shape index (κ3) is 5.08. The van der Waals surface area contributed by atoms with Crippen LogP contribution in [0.4, 0.5) is 4.39 Å². The fourth-order valence-corrected chi connectivity index (χ4v) is 4.15. The molecule has 0 aromatic heterocycles. The lowest BCUT2D eigenvalue weighted by atomic mass is 10.1. The van der Waals surface area contributed by atoms with Crippen LogP contribution in [0, 0.1) is 5.82 Å². The molecule has 2 rings (SSSR count). The topological polar surface area (TPSA) is 72.9 Å². The van der Waals surface area contributed by atoms with Crippen molar-refractivity contribution in [2.24, 2.45) is 0 Å². The van der Waals surface area contributed by atoms with Crippen molar-refractivity contribution in [3.63, 3.8) is 0 Å². The van der Waals surface area contributed by atoms with Gasteiger partial charge in [0.05, 0.1) is 24.2 Å². The summed E-state index contributed by atoms with van der Waals surface area (Å²) in [5.41, 5.74) is 0.523. The third-order valence-electron chi connectivity index (χ3n) is 4.28. The van der Waals surface area contributed by atoms with Crippen molar-refractivity contribution >= 4 is 16.0 Å². The Balaban J connectivity index is 2.10. The number of benzene rings is 2. The Morgan fingerprint density at radius 2 is 1.71 bits per heavy atom. The van der Waals surface area contributed by atoms with Gasteiger partial charge in [0.2, 0.25) is 10.0 Å². The lowest BCUT2D eigenvalue weighted by molar-refractivity contribution is 0.0503. The zero-order valence-electron chi connectivity index (χ0n) is 16.1. The van der Waals surface area contributed by atoms with Crippen LogP contribution in [0.5, 0.6) is 5.75 Å². The summed E-state index contributed by atoms with van der Waals surface area (Å²) in [4.78, 5) is 12.1. The number of nitrogens with zero attached hydrogens (tertiary/aromatic N) is 1. The van der Waals surface area contributed by atoms with Crippen molar-refractivity contribution in [2.45, 2.75) is 25.2 Å². The van der Waals surface area contributed by atoms with Gasteiger partial charge in [-0.05, 0) is 35.9 Å². The Labute approximate surface area is 164 Å². The molecule has 0 atom stereocenters. The Morgan fingerprint density at radius 1 is 1.07 bits per heavy atom. The number of halogens is 1. The van der Waals surface area contributed by atoms with E-state index in [-0.39, 0.29) is 24.6 Å². The number of sulfonamides is 1. The van der Waals surface area contributed by atoms with E-state index in [9.17, 15) is 17.6 Å². The quantitative estimate of drug-likeness (QED) is 0.595. The van der Waals surface area contributed by atoms with Gasteiger partial charge in [0.25, 0.3) is 0 Å². The van der Waals surface area contributed by atoms with E-state index in [2.05, 4.69) is 0 Å². The van der Waals surface area contributed by atoms with E-state index in [1.165, 1.54) is 4.31 Å². The highest BCUT2D eigenvalue weighted by molar-refractivity contribution is 7.89. The first-order valence-corrected chi connectivity index (χ1v) is 10.4. The molecule has 0 saturated carbocycles. The third-order valence-corrected chi connectivity index (χ3v) is 6.33. The number of carbonyl (C=O) groups excluding carboxylic acids is 1. The molecule has 0 bridgehead atoms. The van der Waals surface area contributed by atoms with Crippen LogP contribution in [0.1, 0.15) is 29.8 Å². The lowest BCUT2D eigenvalue weighted by Gasteiger charge is -2.18. The summed E-state index contributed by atoms with van der Waals surface area (Å²) in [6.45, 7) is 4.01. The smallest absolute Gasteiger partial charge is 0.341 e. The molecule has 0 spiro atoms. The molecule has 8 heteroatoms. The van der Waals surface area contributed by atoms with Crippen LogP contribution in [0.15, 0.2) is 47.4 Å². The molecule has 0 saturated heterocycles. The van der Waals surface area contributed by atoms with Crippen LogP contribution < -0.4 is 4.74 Å². The van der Waals surface area contributed by atoms with Crippen molar-refractivity contribution in [3.8, 4) is 5.75 Å². The van der Waals surface area contributed by atoms with E-state index >= 15 is 0 Å². The summed E-state index contributed by atoms with van der Waals surface area (Å²) in [6, 6.07) is 10.4. The van der Waals surface area contributed by atoms with Crippen LogP contribution in [0.25, 0.3) is 0 Å². The van der Waals surface area contributed by atoms with Gasteiger partial charge >= 0.3 is 5.97 Å². The SMILES string of the molecule is CCN(CC)S(=O)(=O)c1ccc(F)c(C(=O)OCCc2ccc(OC)cc2)c1. The van der Waals surface area contributed by atoms with Gasteiger partial charge in [0.1, 0.15) is 11.6 Å². The number of hydrogen-bond acceptors (Lipinski definition) is 5. The summed E-state index contributed by atoms with van der Waals surface area (Å²) >= 11 is 0. The van der Waals surface area contributed by atoms with E-state index in [1.807, 2.05) is 12.1 Å². The maximum Gasteiger partial charge on any atom is 0.341 e. The van der Waals surface area contributed by atoms with Gasteiger partial charge in [0, 0.05) is 19.5 Å². The maximum atomic E-state index is 14.1. The molecule has 0 aliphatic rings. The molecule has 2 aromatic rings. The fraction of sp³-hybridized carbons (Fsp3) is 0.350. The van der Waals surface area contributed by atoms with Gasteiger partial charge in [-0.1, -0.05) is 26.0 Å². The Hall–Kier alpha value is -2.45. The lowest BCUT2D eigenvalue weighted by Crippen LogP contribution is -2.30. The van der Waals surface area contributed by atoms with Crippen LogP contribution in [0.2, 0.25) is 0 Å². The largest absolute Gasteiger partial charge is 0.497 e. The molecule has 0 amide bonds. The van der Waals surface area contributed by atoms with E-state index in [0.29, 0.717) is 12.2 Å². The molecule has 152 valence electrons. The van der Waals surface area contributed by atoms with Crippen LogP contribution in [0.3, 0.4) is 0 Å². The number of carbonyl (C=O) groups is 1. The van der Waals surface area contributed by atoms with Crippen molar-refractivity contribution in [1.82, 2.24) is 4.31 Å². The van der Waals surface area contributed by atoms with E-state index in [0.717, 1.165) is 23.8 Å². The Bertz CT molecular complexity index is 909. The van der Waals surface area contributed by atoms with Gasteiger partial charge < -0.3 is 9.47 Å². The van der Waals surface area contributed by atoms with Crippen molar-refractivity contribution in [3.05, 3.63) is 59.4 Å². The Morgan fingerprint density at radius 3 is 2.29 bits per heavy atom. The molecule has 0 N–H and O–H groups in total. The molecular formula is C20H24FNO5S. The average molecular weight is 409 g/mol. The van der Waals surface area contributed by atoms with Crippen LogP contribution in [-0.2, 0) is 21.2 Å². The van der Waals surface area contributed by atoms with E-state index < -0.39 is 27.4 Å². The predicted octanol–water partition coefficient (Wildman–Crippen LogP) is 3.26. The number of methoxy groups -OCH3 is 1. The normalized spacial score (nSPS) is 11.5. The molecule has 2 aromatic carbocycles. The second kappa shape index (κ2) is 9.66. The number of ether oxygens (including phenoxy) is 2. The number of esters is 1. The van der Waals surface area contributed by atoms with Gasteiger partial charge in [-0.15, -0.1) is 0 Å². The highest BCUT2D eigenvalue weighted by Crippen LogP contribution is 2.20. The molecule has 0 unspecified atom stereocenters. The minimum atomic E-state index is -3.80. The molecule has 0 radical (unpaired) electrons. The molecule has 0 aliphatic carbocycles. The van der Waals surface area contributed by atoms with Crippen LogP contribution >= 0.6 is 0 Å². The minimum Gasteiger partial charge on any atom is -0.497 e. The zero-order valence-corrected chi connectivity index (χ0v) is 17.0. The highest BCUT2D eigenvalue weighted by atomic mass is 32.2. The van der Waals surface area contributed by atoms with E-state index in [4.69, 9.17) is 9.47 Å². The van der Waals surface area contributed by atoms with Crippen molar-refractivity contribution in [2.75, 3.05) is 26.8 Å². The number of rotatable bonds is 9. The summed E-state index contributed by atoms with van der Waals surface area (Å²) in [5.74, 6) is -1.01. The van der Waals surface area contributed by atoms with Gasteiger partial charge in [-0.25, -0.2) is 17.6 Å². The van der Waals surface area contributed by atoms with E-state index in [1.54, 1.807) is 33.1 Å². The molecule has 0 fully saturated rings. The summed E-state index contributed by atoms with van der Waals surface area (Å²) in [5, 5.41) is 0. The first kappa shape index (κ1) is 21.8. The van der Waals surface area contributed by atoms with Crippen LogP contribution in [-0.4, -0.2) is 45.5 Å². The first-order valence-electron chi connectivity index (χ1n) is 8.93. The second-order valence-electron chi connectivity index (χ2n) is 5.96. The van der Waals surface area contributed by atoms with Crippen molar-refractivity contribution < 1.29 is 27.1 Å². The van der Waals surface area contributed by atoms with Gasteiger partial charge in [-0.2, -0.15) is 4.31 Å².